The molecule has 2 heterocycles. The molecule has 0 aromatic heterocycles. The van der Waals surface area contributed by atoms with Crippen molar-refractivity contribution >= 4 is 5.91 Å². The third-order valence-electron chi connectivity index (χ3n) is 5.15. The highest BCUT2D eigenvalue weighted by Crippen LogP contribution is 2.29. The SMILES string of the molecule is CCCC(C)C(=O)N1CCCCCC1C1CCNCC1. The Bertz CT molecular complexity index is 299. The fraction of sp³-hybridized carbons (Fsp3) is 0.941. The Kier molecular flexibility index (Phi) is 6.34. The van der Waals surface area contributed by atoms with Gasteiger partial charge in [-0.3, -0.25) is 4.79 Å². The van der Waals surface area contributed by atoms with Crippen molar-refractivity contribution in [1.82, 2.24) is 10.2 Å². The maximum Gasteiger partial charge on any atom is 0.225 e. The molecule has 0 aliphatic carbocycles. The van der Waals surface area contributed by atoms with Gasteiger partial charge in [-0.1, -0.05) is 33.1 Å². The van der Waals surface area contributed by atoms with Crippen LogP contribution in [0.15, 0.2) is 0 Å². The van der Waals surface area contributed by atoms with Crippen molar-refractivity contribution in [1.29, 1.82) is 0 Å². The van der Waals surface area contributed by atoms with Crippen molar-refractivity contribution in [3.63, 3.8) is 0 Å². The van der Waals surface area contributed by atoms with Crippen molar-refractivity contribution in [3.8, 4) is 0 Å². The highest BCUT2D eigenvalue weighted by atomic mass is 16.2. The van der Waals surface area contributed by atoms with E-state index in [1.165, 1.54) is 38.5 Å². The monoisotopic (exact) mass is 280 g/mol. The first-order valence-electron chi connectivity index (χ1n) is 8.75. The van der Waals surface area contributed by atoms with E-state index in [1.807, 2.05) is 0 Å². The number of carbonyl (C=O) groups excluding carboxylic acids is 1. The standard InChI is InChI=1S/C17H32N2O/c1-3-7-14(2)17(20)19-13-6-4-5-8-16(19)15-9-11-18-12-10-15/h14-16,18H,3-13H2,1-2H3. The van der Waals surface area contributed by atoms with E-state index in [9.17, 15) is 4.79 Å². The molecule has 0 saturated carbocycles. The first-order chi connectivity index (χ1) is 9.74. The van der Waals surface area contributed by atoms with Crippen molar-refractivity contribution in [2.24, 2.45) is 11.8 Å². The quantitative estimate of drug-likeness (QED) is 0.857. The van der Waals surface area contributed by atoms with Crippen LogP contribution in [0, 0.1) is 11.8 Å². The first kappa shape index (κ1) is 15.8. The molecule has 1 N–H and O–H groups in total. The molecule has 2 unspecified atom stereocenters. The van der Waals surface area contributed by atoms with Crippen LogP contribution in [0.2, 0.25) is 0 Å². The summed E-state index contributed by atoms with van der Waals surface area (Å²) >= 11 is 0. The van der Waals surface area contributed by atoms with Crippen LogP contribution < -0.4 is 5.32 Å². The zero-order valence-corrected chi connectivity index (χ0v) is 13.4. The van der Waals surface area contributed by atoms with Crippen LogP contribution in [-0.4, -0.2) is 36.5 Å². The molecule has 2 rings (SSSR count). The van der Waals surface area contributed by atoms with E-state index >= 15 is 0 Å². The van der Waals surface area contributed by atoms with Gasteiger partial charge in [0.05, 0.1) is 0 Å². The Morgan fingerprint density at radius 1 is 1.20 bits per heavy atom. The molecular weight excluding hydrogens is 248 g/mol. The number of carbonyl (C=O) groups is 1. The molecule has 1 amide bonds. The van der Waals surface area contributed by atoms with Crippen LogP contribution in [0.25, 0.3) is 0 Å². The number of nitrogens with one attached hydrogen (secondary N) is 1. The van der Waals surface area contributed by atoms with E-state index in [4.69, 9.17) is 0 Å². The second-order valence-electron chi connectivity index (χ2n) is 6.73. The molecule has 116 valence electrons. The topological polar surface area (TPSA) is 32.3 Å². The number of amides is 1. The molecule has 2 aliphatic heterocycles. The van der Waals surface area contributed by atoms with Gasteiger partial charge in [-0.25, -0.2) is 0 Å². The summed E-state index contributed by atoms with van der Waals surface area (Å²) in [7, 11) is 0. The molecule has 2 saturated heterocycles. The number of hydrogen-bond acceptors (Lipinski definition) is 2. The van der Waals surface area contributed by atoms with Gasteiger partial charge in [-0.2, -0.15) is 0 Å². The molecule has 0 aromatic carbocycles. The third-order valence-corrected chi connectivity index (χ3v) is 5.15. The lowest BCUT2D eigenvalue weighted by Crippen LogP contribution is -2.48. The lowest BCUT2D eigenvalue weighted by atomic mass is 9.86. The van der Waals surface area contributed by atoms with Gasteiger partial charge < -0.3 is 10.2 Å². The van der Waals surface area contributed by atoms with E-state index < -0.39 is 0 Å². The maximum absolute atomic E-state index is 12.8. The van der Waals surface area contributed by atoms with Gasteiger partial charge in [-0.05, 0) is 51.1 Å². The Labute approximate surface area is 124 Å². The second-order valence-corrected chi connectivity index (χ2v) is 6.73. The van der Waals surface area contributed by atoms with Gasteiger partial charge in [0.2, 0.25) is 5.91 Å². The van der Waals surface area contributed by atoms with Gasteiger partial charge in [0.1, 0.15) is 0 Å². The molecule has 0 aromatic rings. The first-order valence-corrected chi connectivity index (χ1v) is 8.75. The summed E-state index contributed by atoms with van der Waals surface area (Å²) in [6, 6.07) is 0.520. The van der Waals surface area contributed by atoms with Crippen LogP contribution >= 0.6 is 0 Å². The summed E-state index contributed by atoms with van der Waals surface area (Å²) in [5.74, 6) is 1.37. The van der Waals surface area contributed by atoms with Crippen LogP contribution in [-0.2, 0) is 4.79 Å². The molecule has 2 aliphatic rings. The van der Waals surface area contributed by atoms with Gasteiger partial charge in [0, 0.05) is 18.5 Å². The summed E-state index contributed by atoms with van der Waals surface area (Å²) < 4.78 is 0. The number of nitrogens with zero attached hydrogens (tertiary/aromatic N) is 1. The third kappa shape index (κ3) is 3.97. The number of rotatable bonds is 4. The molecule has 2 atom stereocenters. The Balaban J connectivity index is 2.05. The Morgan fingerprint density at radius 3 is 2.65 bits per heavy atom. The molecule has 0 radical (unpaired) electrons. The van der Waals surface area contributed by atoms with E-state index in [1.54, 1.807) is 0 Å². The number of hydrogen-bond donors (Lipinski definition) is 1. The molecular formula is C17H32N2O. The predicted octanol–water partition coefficient (Wildman–Crippen LogP) is 3.19. The van der Waals surface area contributed by atoms with Crippen molar-refractivity contribution in [2.75, 3.05) is 19.6 Å². The summed E-state index contributed by atoms with van der Waals surface area (Å²) in [4.78, 5) is 15.1. The molecule has 3 nitrogen and oxygen atoms in total. The lowest BCUT2D eigenvalue weighted by molar-refractivity contribution is -0.139. The van der Waals surface area contributed by atoms with Gasteiger partial charge in [0.25, 0.3) is 0 Å². The van der Waals surface area contributed by atoms with Gasteiger partial charge in [-0.15, -0.1) is 0 Å². The Morgan fingerprint density at radius 2 is 1.95 bits per heavy atom. The predicted molar refractivity (Wildman–Crippen MR) is 83.6 cm³/mol. The van der Waals surface area contributed by atoms with Crippen LogP contribution in [0.3, 0.4) is 0 Å². The van der Waals surface area contributed by atoms with Crippen LogP contribution in [0.1, 0.15) is 65.2 Å². The summed E-state index contributed by atoms with van der Waals surface area (Å²) in [5.41, 5.74) is 0. The minimum Gasteiger partial charge on any atom is -0.339 e. The fourth-order valence-electron chi connectivity index (χ4n) is 3.97. The minimum absolute atomic E-state index is 0.210. The summed E-state index contributed by atoms with van der Waals surface area (Å²) in [5, 5.41) is 3.45. The van der Waals surface area contributed by atoms with Gasteiger partial charge in [0.15, 0.2) is 0 Å². The summed E-state index contributed by atoms with van der Waals surface area (Å²) in [6.45, 7) is 7.57. The summed E-state index contributed by atoms with van der Waals surface area (Å²) in [6.07, 6.45) is 9.68. The zero-order chi connectivity index (χ0) is 14.4. The normalized spacial score (nSPS) is 27.1. The minimum atomic E-state index is 0.210. The smallest absolute Gasteiger partial charge is 0.225 e. The van der Waals surface area contributed by atoms with E-state index in [2.05, 4.69) is 24.1 Å². The highest BCUT2D eigenvalue weighted by Gasteiger charge is 2.33. The molecule has 2 fully saturated rings. The van der Waals surface area contributed by atoms with E-state index in [0.29, 0.717) is 11.9 Å². The molecule has 0 spiro atoms. The highest BCUT2D eigenvalue weighted by molar-refractivity contribution is 5.78. The average Bonchev–Trinajstić information content (AvgIpc) is 2.73. The van der Waals surface area contributed by atoms with Gasteiger partial charge >= 0.3 is 0 Å². The van der Waals surface area contributed by atoms with Crippen molar-refractivity contribution in [2.45, 2.75) is 71.3 Å². The lowest BCUT2D eigenvalue weighted by Gasteiger charge is -2.39. The van der Waals surface area contributed by atoms with Crippen LogP contribution in [0.5, 0.6) is 0 Å². The molecule has 0 bridgehead atoms. The van der Waals surface area contributed by atoms with Crippen molar-refractivity contribution < 1.29 is 4.79 Å². The van der Waals surface area contributed by atoms with E-state index in [0.717, 1.165) is 38.4 Å². The Hall–Kier alpha value is -0.570. The fourth-order valence-corrected chi connectivity index (χ4v) is 3.97. The average molecular weight is 280 g/mol. The molecule has 20 heavy (non-hydrogen) atoms. The van der Waals surface area contributed by atoms with Crippen molar-refractivity contribution in [3.05, 3.63) is 0 Å². The number of piperidine rings is 1. The van der Waals surface area contributed by atoms with Crippen LogP contribution in [0.4, 0.5) is 0 Å². The maximum atomic E-state index is 12.8. The largest absolute Gasteiger partial charge is 0.339 e. The number of likely N-dealkylation sites (tertiary alicyclic amines) is 1. The second kappa shape index (κ2) is 8.02. The molecule has 3 heteroatoms. The van der Waals surface area contributed by atoms with E-state index in [-0.39, 0.29) is 5.92 Å². The zero-order valence-electron chi connectivity index (χ0n) is 13.4.